The van der Waals surface area contributed by atoms with Gasteiger partial charge in [0.1, 0.15) is 0 Å². The molecule has 3 rings (SSSR count). The number of hydrogen-bond acceptors (Lipinski definition) is 7. The molecule has 0 saturated carbocycles. The highest BCUT2D eigenvalue weighted by Gasteiger charge is 2.31. The lowest BCUT2D eigenvalue weighted by Gasteiger charge is -2.21. The van der Waals surface area contributed by atoms with Gasteiger partial charge in [0, 0.05) is 18.8 Å². The Hall–Kier alpha value is -3.41. The van der Waals surface area contributed by atoms with Crippen LogP contribution in [0.25, 0.3) is 22.2 Å². The molecule has 0 radical (unpaired) electrons. The number of rotatable bonds is 5. The van der Waals surface area contributed by atoms with Crippen LogP contribution in [0, 0.1) is 0 Å². The summed E-state index contributed by atoms with van der Waals surface area (Å²) in [6.45, 7) is 5.26. The van der Waals surface area contributed by atoms with Crippen molar-refractivity contribution < 1.29 is 17.9 Å². The SMILES string of the molecule is CCOC(=O)N(n1c(=O)[nH]c2cc(C(C)C)c(-c3ccnn3C)cc2c1=O)S(C)(=O)=O. The molecule has 0 spiro atoms. The van der Waals surface area contributed by atoms with Gasteiger partial charge in [-0.15, -0.1) is 4.68 Å². The number of amides is 1. The van der Waals surface area contributed by atoms with Gasteiger partial charge in [-0.25, -0.2) is 18.0 Å². The molecular weight excluding hydrogens is 426 g/mol. The lowest BCUT2D eigenvalue weighted by atomic mass is 9.93. The first-order chi connectivity index (χ1) is 14.5. The zero-order chi connectivity index (χ0) is 23.1. The van der Waals surface area contributed by atoms with Crippen LogP contribution < -0.4 is 15.7 Å². The van der Waals surface area contributed by atoms with Gasteiger partial charge in [-0.2, -0.15) is 5.10 Å². The normalized spacial score (nSPS) is 11.8. The second-order valence-electron chi connectivity index (χ2n) is 7.23. The number of aromatic nitrogens is 4. The topological polar surface area (TPSA) is 136 Å². The molecule has 0 aliphatic heterocycles. The zero-order valence-electron chi connectivity index (χ0n) is 17.7. The summed E-state index contributed by atoms with van der Waals surface area (Å²) in [7, 11) is -2.60. The van der Waals surface area contributed by atoms with E-state index in [0.29, 0.717) is 11.8 Å². The molecule has 11 nitrogen and oxygen atoms in total. The summed E-state index contributed by atoms with van der Waals surface area (Å²) in [6, 6.07) is 5.01. The van der Waals surface area contributed by atoms with Gasteiger partial charge >= 0.3 is 11.8 Å². The Bertz CT molecular complexity index is 1380. The van der Waals surface area contributed by atoms with Gasteiger partial charge < -0.3 is 9.72 Å². The number of benzene rings is 1. The van der Waals surface area contributed by atoms with E-state index in [1.165, 1.54) is 6.92 Å². The third kappa shape index (κ3) is 3.98. The number of nitrogens with zero attached hydrogens (tertiary/aromatic N) is 4. The molecule has 0 aliphatic carbocycles. The lowest BCUT2D eigenvalue weighted by molar-refractivity contribution is 0.158. The van der Waals surface area contributed by atoms with Crippen LogP contribution in [-0.4, -0.2) is 46.8 Å². The Kier molecular flexibility index (Phi) is 5.77. The highest BCUT2D eigenvalue weighted by Crippen LogP contribution is 2.31. The molecule has 1 aromatic carbocycles. The van der Waals surface area contributed by atoms with Crippen LogP contribution in [0.15, 0.2) is 34.0 Å². The van der Waals surface area contributed by atoms with Gasteiger partial charge in [0.25, 0.3) is 15.6 Å². The smallest absolute Gasteiger partial charge is 0.444 e. The van der Waals surface area contributed by atoms with E-state index in [-0.39, 0.29) is 32.5 Å². The minimum absolute atomic E-state index is 0.0250. The summed E-state index contributed by atoms with van der Waals surface area (Å²) < 4.78 is 31.1. The van der Waals surface area contributed by atoms with Crippen molar-refractivity contribution in [3.63, 3.8) is 0 Å². The molecule has 1 amide bonds. The third-order valence-corrected chi connectivity index (χ3v) is 5.63. The van der Waals surface area contributed by atoms with Gasteiger partial charge in [-0.05, 0) is 36.6 Å². The summed E-state index contributed by atoms with van der Waals surface area (Å²) in [6.07, 6.45) is 0.951. The number of ether oxygens (including phenoxy) is 1. The number of nitrogens with one attached hydrogen (secondary N) is 1. The fraction of sp³-hybridized carbons (Fsp3) is 0.368. The van der Waals surface area contributed by atoms with Gasteiger partial charge in [0.15, 0.2) is 0 Å². The predicted molar refractivity (Wildman–Crippen MR) is 115 cm³/mol. The molecule has 1 N–H and O–H groups in total. The number of carbonyl (C=O) groups is 1. The Morgan fingerprint density at radius 2 is 1.97 bits per heavy atom. The molecule has 0 atom stereocenters. The highest BCUT2D eigenvalue weighted by atomic mass is 32.2. The molecule has 3 aromatic rings. The van der Waals surface area contributed by atoms with Crippen LogP contribution in [0.3, 0.4) is 0 Å². The summed E-state index contributed by atoms with van der Waals surface area (Å²) >= 11 is 0. The monoisotopic (exact) mass is 449 g/mol. The standard InChI is InChI=1S/C19H23N5O6S/c1-6-30-19(27)24(31(5,28)29)23-17(25)14-9-13(16-7-8-20-22(16)4)12(11(2)3)10-15(14)21-18(23)26/h7-11H,6H2,1-5H3,(H,21,26). The van der Waals surface area contributed by atoms with E-state index in [1.54, 1.807) is 36.1 Å². The number of H-pyrrole nitrogens is 1. The van der Waals surface area contributed by atoms with Gasteiger partial charge in [-0.3, -0.25) is 9.48 Å². The van der Waals surface area contributed by atoms with Gasteiger partial charge in [0.05, 0.1) is 29.5 Å². The van der Waals surface area contributed by atoms with Crippen LogP contribution in [0.5, 0.6) is 0 Å². The van der Waals surface area contributed by atoms with E-state index >= 15 is 0 Å². The predicted octanol–water partition coefficient (Wildman–Crippen LogP) is 1.27. The number of carbonyl (C=O) groups excluding carboxylic acids is 1. The molecule has 166 valence electrons. The fourth-order valence-electron chi connectivity index (χ4n) is 3.32. The maximum absolute atomic E-state index is 13.2. The van der Waals surface area contributed by atoms with E-state index in [0.717, 1.165) is 11.3 Å². The first-order valence-corrected chi connectivity index (χ1v) is 11.3. The van der Waals surface area contributed by atoms with Crippen molar-refractivity contribution in [1.82, 2.24) is 19.4 Å². The summed E-state index contributed by atoms with van der Waals surface area (Å²) in [5.74, 6) is 0.0484. The molecule has 0 unspecified atom stereocenters. The van der Waals surface area contributed by atoms with Crippen molar-refractivity contribution in [3.05, 3.63) is 50.8 Å². The number of aromatic amines is 1. The molecule has 0 aliphatic rings. The number of hydrogen-bond donors (Lipinski definition) is 1. The van der Waals surface area contributed by atoms with E-state index in [4.69, 9.17) is 4.74 Å². The minimum Gasteiger partial charge on any atom is -0.448 e. The zero-order valence-corrected chi connectivity index (χ0v) is 18.6. The van der Waals surface area contributed by atoms with Crippen LogP contribution in [-0.2, 0) is 21.8 Å². The number of fused-ring (bicyclic) bond motifs is 1. The van der Waals surface area contributed by atoms with Crippen molar-refractivity contribution in [2.24, 2.45) is 7.05 Å². The van der Waals surface area contributed by atoms with Crippen LogP contribution in [0.4, 0.5) is 4.79 Å². The number of sulfonamides is 1. The van der Waals surface area contributed by atoms with E-state index in [1.807, 2.05) is 13.8 Å². The van der Waals surface area contributed by atoms with Crippen molar-refractivity contribution in [2.45, 2.75) is 26.7 Å². The largest absolute Gasteiger partial charge is 0.448 e. The van der Waals surface area contributed by atoms with Crippen LogP contribution in [0.2, 0.25) is 0 Å². The van der Waals surface area contributed by atoms with Crippen molar-refractivity contribution >= 4 is 27.0 Å². The Morgan fingerprint density at radius 3 is 2.48 bits per heavy atom. The molecular formula is C19H23N5O6S. The summed E-state index contributed by atoms with van der Waals surface area (Å²) in [5.41, 5.74) is 0.440. The van der Waals surface area contributed by atoms with Gasteiger partial charge in [-0.1, -0.05) is 18.3 Å². The first-order valence-electron chi connectivity index (χ1n) is 9.46. The average Bonchev–Trinajstić information content (AvgIpc) is 3.09. The molecule has 2 aromatic heterocycles. The quantitative estimate of drug-likeness (QED) is 0.619. The van der Waals surface area contributed by atoms with Crippen molar-refractivity contribution in [1.29, 1.82) is 0 Å². The summed E-state index contributed by atoms with van der Waals surface area (Å²) in [5, 5.41) is 4.18. The van der Waals surface area contributed by atoms with Crippen molar-refractivity contribution in [3.8, 4) is 11.3 Å². The molecule has 0 bridgehead atoms. The van der Waals surface area contributed by atoms with Crippen molar-refractivity contribution in [2.75, 3.05) is 17.3 Å². The van der Waals surface area contributed by atoms with Crippen LogP contribution >= 0.6 is 0 Å². The molecule has 0 saturated heterocycles. The van der Waals surface area contributed by atoms with Crippen LogP contribution in [0.1, 0.15) is 32.3 Å². The van der Waals surface area contributed by atoms with E-state index in [2.05, 4.69) is 10.1 Å². The maximum Gasteiger partial charge on any atom is 0.444 e. The maximum atomic E-state index is 13.2. The minimum atomic E-state index is -4.35. The first kappa shape index (κ1) is 22.3. The lowest BCUT2D eigenvalue weighted by Crippen LogP contribution is -2.56. The highest BCUT2D eigenvalue weighted by molar-refractivity contribution is 7.92. The van der Waals surface area contributed by atoms with E-state index < -0.39 is 27.4 Å². The van der Waals surface area contributed by atoms with Gasteiger partial charge in [0.2, 0.25) is 0 Å². The Labute approximate surface area is 177 Å². The summed E-state index contributed by atoms with van der Waals surface area (Å²) in [4.78, 5) is 40.7. The fourth-order valence-corrected chi connectivity index (χ4v) is 4.09. The molecule has 2 heterocycles. The molecule has 12 heteroatoms. The third-order valence-electron chi connectivity index (χ3n) is 4.69. The second-order valence-corrected chi connectivity index (χ2v) is 9.04. The molecule has 31 heavy (non-hydrogen) atoms. The average molecular weight is 449 g/mol. The number of aryl methyl sites for hydroxylation is 1. The van der Waals surface area contributed by atoms with E-state index in [9.17, 15) is 22.8 Å². The second kappa shape index (κ2) is 8.02. The Morgan fingerprint density at radius 1 is 1.29 bits per heavy atom. The molecule has 0 fully saturated rings. The Balaban J connectivity index is 2.41.